The predicted molar refractivity (Wildman–Crippen MR) is 146 cm³/mol. The summed E-state index contributed by atoms with van der Waals surface area (Å²) in [6.45, 7) is 3.87. The normalized spacial score (nSPS) is 17.8. The summed E-state index contributed by atoms with van der Waals surface area (Å²) in [4.78, 5) is 47.6. The second-order valence-corrected chi connectivity index (χ2v) is 10.3. The van der Waals surface area contributed by atoms with E-state index in [4.69, 9.17) is 26.1 Å². The highest BCUT2D eigenvalue weighted by molar-refractivity contribution is 7.07. The molecule has 8 nitrogen and oxygen atoms in total. The number of carbonyl (C=O) groups excluding carboxylic acids is 2. The number of anilines is 1. The minimum absolute atomic E-state index is 0.160. The van der Waals surface area contributed by atoms with E-state index in [1.54, 1.807) is 32.2 Å². The largest absolute Gasteiger partial charge is 0.496 e. The number of allylic oxidation sites excluding steroid dienone is 1. The number of amides is 1. The molecule has 0 aliphatic carbocycles. The summed E-state index contributed by atoms with van der Waals surface area (Å²) in [7, 11) is 3.20. The van der Waals surface area contributed by atoms with E-state index in [2.05, 4.69) is 0 Å². The third-order valence-corrected chi connectivity index (χ3v) is 7.92. The molecule has 1 atom stereocenters. The Kier molecular flexibility index (Phi) is 6.98. The number of methoxy groups -OCH3 is 1. The Labute approximate surface area is 228 Å². The van der Waals surface area contributed by atoms with Gasteiger partial charge in [-0.3, -0.25) is 14.2 Å². The number of hydrogen-bond acceptors (Lipinski definition) is 7. The van der Waals surface area contributed by atoms with Crippen LogP contribution < -0.4 is 24.5 Å². The zero-order valence-corrected chi connectivity index (χ0v) is 23.0. The van der Waals surface area contributed by atoms with Crippen molar-refractivity contribution in [1.82, 2.24) is 4.57 Å². The molecular weight excluding hydrogens is 526 g/mol. The molecule has 0 saturated carbocycles. The van der Waals surface area contributed by atoms with Crippen LogP contribution in [0.1, 0.15) is 43.9 Å². The van der Waals surface area contributed by atoms with Crippen molar-refractivity contribution in [2.45, 2.75) is 32.7 Å². The zero-order valence-electron chi connectivity index (χ0n) is 21.4. The fourth-order valence-electron chi connectivity index (χ4n) is 4.97. The number of ether oxygens (including phenoxy) is 2. The van der Waals surface area contributed by atoms with Crippen molar-refractivity contribution >= 4 is 46.1 Å². The standard InChI is InChI=1S/C28H26ClN3O5S/c1-5-9-18-22(27(35)37-6-2)23(17-14-15(29)12-13-20(17)36-4)32-26(34)24(38-28(32)30-18)21-16-10-7-8-11-19(16)31(3)25(21)33/h7-8,10-14,23H,5-6,9H2,1-4H3/b24-21+/t23-/m1/s1. The van der Waals surface area contributed by atoms with Gasteiger partial charge in [-0.2, -0.15) is 0 Å². The number of para-hydroxylation sites is 1. The number of esters is 1. The van der Waals surface area contributed by atoms with E-state index in [1.165, 1.54) is 16.6 Å². The Morgan fingerprint density at radius 3 is 2.63 bits per heavy atom. The second kappa shape index (κ2) is 10.2. The van der Waals surface area contributed by atoms with Crippen molar-refractivity contribution in [3.05, 3.63) is 89.6 Å². The quantitative estimate of drug-likeness (QED) is 0.437. The lowest BCUT2D eigenvalue weighted by Crippen LogP contribution is -2.41. The average molecular weight is 552 g/mol. The van der Waals surface area contributed by atoms with E-state index in [0.29, 0.717) is 44.4 Å². The van der Waals surface area contributed by atoms with Crippen LogP contribution in [0, 0.1) is 0 Å². The highest BCUT2D eigenvalue weighted by Crippen LogP contribution is 2.39. The number of rotatable bonds is 6. The van der Waals surface area contributed by atoms with Gasteiger partial charge < -0.3 is 14.4 Å². The number of halogens is 1. The third kappa shape index (κ3) is 4.06. The lowest BCUT2D eigenvalue weighted by atomic mass is 9.93. The number of hydrogen-bond donors (Lipinski definition) is 0. The maximum absolute atomic E-state index is 14.2. The van der Waals surface area contributed by atoms with Gasteiger partial charge in [0.1, 0.15) is 16.3 Å². The highest BCUT2D eigenvalue weighted by Gasteiger charge is 2.38. The van der Waals surface area contributed by atoms with Crippen LogP contribution in [0.4, 0.5) is 5.69 Å². The first kappa shape index (κ1) is 25.9. The van der Waals surface area contributed by atoms with Crippen molar-refractivity contribution in [2.24, 2.45) is 4.99 Å². The third-order valence-electron chi connectivity index (χ3n) is 6.63. The first-order valence-electron chi connectivity index (χ1n) is 12.3. The van der Waals surface area contributed by atoms with Gasteiger partial charge in [0, 0.05) is 23.2 Å². The fraction of sp³-hybridized carbons (Fsp3) is 0.286. The Balaban J connectivity index is 1.90. The van der Waals surface area contributed by atoms with E-state index in [-0.39, 0.29) is 22.6 Å². The van der Waals surface area contributed by atoms with Crippen LogP contribution in [-0.4, -0.2) is 37.2 Å². The van der Waals surface area contributed by atoms with Gasteiger partial charge in [-0.1, -0.05) is 54.5 Å². The van der Waals surface area contributed by atoms with Gasteiger partial charge in [-0.25, -0.2) is 9.79 Å². The van der Waals surface area contributed by atoms with Gasteiger partial charge in [0.25, 0.3) is 11.5 Å². The number of thiazole rings is 1. The highest BCUT2D eigenvalue weighted by atomic mass is 35.5. The fourth-order valence-corrected chi connectivity index (χ4v) is 6.26. The van der Waals surface area contributed by atoms with Gasteiger partial charge in [-0.15, -0.1) is 0 Å². The first-order chi connectivity index (χ1) is 18.3. The smallest absolute Gasteiger partial charge is 0.338 e. The van der Waals surface area contributed by atoms with Crippen LogP contribution in [0.5, 0.6) is 5.75 Å². The Bertz CT molecular complexity index is 1690. The molecule has 2 aromatic carbocycles. The molecule has 1 amide bonds. The number of fused-ring (bicyclic) bond motifs is 2. The molecular formula is C28H26ClN3O5S. The molecule has 38 heavy (non-hydrogen) atoms. The van der Waals surface area contributed by atoms with Crippen LogP contribution in [0.25, 0.3) is 5.57 Å². The number of likely N-dealkylation sites (N-methyl/N-ethyl adjacent to an activating group) is 1. The van der Waals surface area contributed by atoms with E-state index in [9.17, 15) is 14.4 Å². The van der Waals surface area contributed by atoms with Crippen molar-refractivity contribution in [3.8, 4) is 5.75 Å². The molecule has 2 aliphatic rings. The summed E-state index contributed by atoms with van der Waals surface area (Å²) in [5, 5.41) is 0.421. The number of carbonyl (C=O) groups is 2. The van der Waals surface area contributed by atoms with Crippen molar-refractivity contribution in [2.75, 3.05) is 25.7 Å². The molecule has 0 bridgehead atoms. The number of benzene rings is 2. The van der Waals surface area contributed by atoms with Crippen LogP contribution in [0.3, 0.4) is 0 Å². The minimum atomic E-state index is -0.903. The minimum Gasteiger partial charge on any atom is -0.496 e. The monoisotopic (exact) mass is 551 g/mol. The second-order valence-electron chi connectivity index (χ2n) is 8.88. The van der Waals surface area contributed by atoms with Crippen LogP contribution in [0.2, 0.25) is 5.02 Å². The Hall–Kier alpha value is -3.69. The predicted octanol–water partition coefficient (Wildman–Crippen LogP) is 3.59. The molecule has 0 spiro atoms. The van der Waals surface area contributed by atoms with E-state index < -0.39 is 17.6 Å². The maximum atomic E-state index is 14.2. The summed E-state index contributed by atoms with van der Waals surface area (Å²) in [5.41, 5.74) is 2.62. The molecule has 2 aliphatic heterocycles. The summed E-state index contributed by atoms with van der Waals surface area (Å²) >= 11 is 7.54. The van der Waals surface area contributed by atoms with Gasteiger partial charge >= 0.3 is 5.97 Å². The SMILES string of the molecule is CCCC1=C(C(=O)OCC)[C@@H](c2cc(Cl)ccc2OC)n2c(s/c(=C3/C(=O)N(C)c4ccccc43)c2=O)=N1. The topological polar surface area (TPSA) is 90.2 Å². The molecule has 3 heterocycles. The summed E-state index contributed by atoms with van der Waals surface area (Å²) in [6, 6.07) is 11.5. The molecule has 1 aromatic heterocycles. The van der Waals surface area contributed by atoms with Crippen LogP contribution in [-0.2, 0) is 14.3 Å². The lowest BCUT2D eigenvalue weighted by molar-refractivity contribution is -0.139. The summed E-state index contributed by atoms with van der Waals surface area (Å²) in [6.07, 6.45) is 1.22. The molecule has 0 unspecified atom stereocenters. The van der Waals surface area contributed by atoms with Crippen LogP contribution >= 0.6 is 22.9 Å². The van der Waals surface area contributed by atoms with Crippen LogP contribution in [0.15, 0.2) is 63.5 Å². The van der Waals surface area contributed by atoms with E-state index in [0.717, 1.165) is 23.4 Å². The number of aromatic nitrogens is 1. The van der Waals surface area contributed by atoms with E-state index in [1.807, 2.05) is 31.2 Å². The molecule has 0 radical (unpaired) electrons. The van der Waals surface area contributed by atoms with Crippen molar-refractivity contribution in [3.63, 3.8) is 0 Å². The molecule has 5 rings (SSSR count). The summed E-state index contributed by atoms with van der Waals surface area (Å²) < 4.78 is 12.8. The van der Waals surface area contributed by atoms with Crippen molar-refractivity contribution < 1.29 is 19.1 Å². The Morgan fingerprint density at radius 1 is 1.16 bits per heavy atom. The summed E-state index contributed by atoms with van der Waals surface area (Å²) in [5.74, 6) is -0.377. The maximum Gasteiger partial charge on any atom is 0.338 e. The van der Waals surface area contributed by atoms with Gasteiger partial charge in [0.15, 0.2) is 4.80 Å². The molecule has 3 aromatic rings. The lowest BCUT2D eigenvalue weighted by Gasteiger charge is -2.27. The zero-order chi connectivity index (χ0) is 27.1. The van der Waals surface area contributed by atoms with Crippen molar-refractivity contribution in [1.29, 1.82) is 0 Å². The van der Waals surface area contributed by atoms with Gasteiger partial charge in [-0.05, 0) is 37.6 Å². The molecule has 196 valence electrons. The molecule has 0 fully saturated rings. The molecule has 0 saturated heterocycles. The van der Waals surface area contributed by atoms with Gasteiger partial charge in [0.05, 0.1) is 36.2 Å². The van der Waals surface area contributed by atoms with E-state index >= 15 is 0 Å². The Morgan fingerprint density at radius 2 is 1.92 bits per heavy atom. The first-order valence-corrected chi connectivity index (χ1v) is 13.5. The average Bonchev–Trinajstić information content (AvgIpc) is 3.36. The molecule has 10 heteroatoms. The number of nitrogens with zero attached hydrogens (tertiary/aromatic N) is 3. The molecule has 0 N–H and O–H groups in total. The van der Waals surface area contributed by atoms with Gasteiger partial charge in [0.2, 0.25) is 0 Å².